The van der Waals surface area contributed by atoms with E-state index < -0.39 is 5.97 Å². The van der Waals surface area contributed by atoms with Crippen LogP contribution in [0.15, 0.2) is 45.7 Å². The maximum absolute atomic E-state index is 12.6. The molecule has 2 heterocycles. The molecule has 28 heavy (non-hydrogen) atoms. The van der Waals surface area contributed by atoms with Crippen molar-refractivity contribution in [2.75, 3.05) is 6.54 Å². The van der Waals surface area contributed by atoms with Gasteiger partial charge >= 0.3 is 0 Å². The minimum Gasteiger partial charge on any atom is -0.550 e. The molecule has 1 saturated heterocycles. The zero-order valence-corrected chi connectivity index (χ0v) is 17.2. The van der Waals surface area contributed by atoms with Crippen molar-refractivity contribution < 1.29 is 19.1 Å². The van der Waals surface area contributed by atoms with Crippen LogP contribution in [0.5, 0.6) is 0 Å². The van der Waals surface area contributed by atoms with Gasteiger partial charge in [-0.25, -0.2) is 0 Å². The van der Waals surface area contributed by atoms with Crippen LogP contribution >= 0.6 is 35.6 Å². The number of carbonyl (C=O) groups excluding carboxylic acids is 2. The summed E-state index contributed by atoms with van der Waals surface area (Å²) in [5.74, 6) is 0.0510. The number of halogens is 1. The Morgan fingerprint density at radius 2 is 1.93 bits per heavy atom. The molecule has 146 valence electrons. The van der Waals surface area contributed by atoms with Gasteiger partial charge in [-0.15, -0.1) is 0 Å². The molecule has 0 atom stereocenters. The van der Waals surface area contributed by atoms with Crippen molar-refractivity contribution in [3.05, 3.63) is 52.1 Å². The standard InChI is InChI=1S/C20H18ClNO4S2/c21-14-7-5-13(6-8-14)16-10-9-15(26-16)12-17-19(25)22(20(27)28-17)11-3-1-2-4-18(23)24/h5-10,12H,1-4,11H2,(H,23,24)/p-1/b17-12+. The molecule has 1 aliphatic heterocycles. The Morgan fingerprint density at radius 1 is 1.18 bits per heavy atom. The van der Waals surface area contributed by atoms with E-state index in [9.17, 15) is 14.7 Å². The Kier molecular flexibility index (Phi) is 6.93. The third kappa shape index (κ3) is 5.25. The van der Waals surface area contributed by atoms with Crippen LogP contribution in [-0.2, 0) is 9.59 Å². The first-order valence-corrected chi connectivity index (χ1v) is 10.4. The Morgan fingerprint density at radius 3 is 2.64 bits per heavy atom. The first kappa shape index (κ1) is 20.6. The fourth-order valence-electron chi connectivity index (χ4n) is 2.74. The minimum atomic E-state index is -1.05. The van der Waals surface area contributed by atoms with E-state index in [-0.39, 0.29) is 12.3 Å². The molecule has 0 aliphatic carbocycles. The van der Waals surface area contributed by atoms with Crippen molar-refractivity contribution in [1.29, 1.82) is 0 Å². The quantitative estimate of drug-likeness (QED) is 0.353. The number of unbranched alkanes of at least 4 members (excludes halogenated alkanes) is 2. The molecular formula is C20H17ClNO4S2-. The predicted octanol–water partition coefficient (Wildman–Crippen LogP) is 4.11. The van der Waals surface area contributed by atoms with Gasteiger partial charge in [-0.1, -0.05) is 42.0 Å². The summed E-state index contributed by atoms with van der Waals surface area (Å²) in [6.07, 6.45) is 3.65. The van der Waals surface area contributed by atoms with Crippen LogP contribution < -0.4 is 5.11 Å². The number of rotatable bonds is 8. The first-order valence-electron chi connectivity index (χ1n) is 8.75. The molecule has 0 bridgehead atoms. The monoisotopic (exact) mass is 434 g/mol. The van der Waals surface area contributed by atoms with Gasteiger partial charge < -0.3 is 14.3 Å². The number of thiocarbonyl (C=S) groups is 1. The lowest BCUT2D eigenvalue weighted by Gasteiger charge is -2.14. The van der Waals surface area contributed by atoms with E-state index in [0.29, 0.717) is 51.6 Å². The number of nitrogens with zero attached hydrogens (tertiary/aromatic N) is 1. The summed E-state index contributed by atoms with van der Waals surface area (Å²) in [6.45, 7) is 0.475. The third-order valence-electron chi connectivity index (χ3n) is 4.17. The summed E-state index contributed by atoms with van der Waals surface area (Å²) < 4.78 is 6.32. The molecule has 0 spiro atoms. The summed E-state index contributed by atoms with van der Waals surface area (Å²) in [7, 11) is 0. The van der Waals surface area contributed by atoms with Gasteiger partial charge in [-0.3, -0.25) is 9.69 Å². The Bertz CT molecular complexity index is 921. The Balaban J connectivity index is 1.62. The number of hydrogen-bond acceptors (Lipinski definition) is 6. The van der Waals surface area contributed by atoms with Crippen LogP contribution in [0.4, 0.5) is 0 Å². The van der Waals surface area contributed by atoms with E-state index in [1.165, 1.54) is 11.8 Å². The number of benzene rings is 1. The molecule has 1 fully saturated rings. The van der Waals surface area contributed by atoms with Crippen LogP contribution in [0, 0.1) is 0 Å². The summed E-state index contributed by atoms with van der Waals surface area (Å²) in [4.78, 5) is 25.1. The summed E-state index contributed by atoms with van der Waals surface area (Å²) in [5, 5.41) is 11.1. The van der Waals surface area contributed by atoms with Crippen molar-refractivity contribution in [1.82, 2.24) is 4.90 Å². The highest BCUT2D eigenvalue weighted by Crippen LogP contribution is 2.34. The van der Waals surface area contributed by atoms with Crippen LogP contribution in [0.1, 0.15) is 31.4 Å². The van der Waals surface area contributed by atoms with E-state index in [1.807, 2.05) is 18.2 Å². The van der Waals surface area contributed by atoms with E-state index in [4.69, 9.17) is 28.2 Å². The minimum absolute atomic E-state index is 0.0345. The van der Waals surface area contributed by atoms with Gasteiger partial charge in [0.05, 0.1) is 4.91 Å². The molecule has 2 aromatic rings. The Labute approximate surface area is 177 Å². The zero-order valence-electron chi connectivity index (χ0n) is 14.9. The largest absolute Gasteiger partial charge is 0.550 e. The van der Waals surface area contributed by atoms with Crippen LogP contribution in [-0.4, -0.2) is 27.6 Å². The van der Waals surface area contributed by atoms with Crippen molar-refractivity contribution >= 4 is 57.9 Å². The van der Waals surface area contributed by atoms with Crippen LogP contribution in [0.3, 0.4) is 0 Å². The lowest BCUT2D eigenvalue weighted by atomic mass is 10.2. The summed E-state index contributed by atoms with van der Waals surface area (Å²) in [6, 6.07) is 11.0. The number of amides is 1. The van der Waals surface area contributed by atoms with Crippen LogP contribution in [0.2, 0.25) is 5.02 Å². The topological polar surface area (TPSA) is 73.6 Å². The van der Waals surface area contributed by atoms with Gasteiger partial charge in [0, 0.05) is 29.2 Å². The second kappa shape index (κ2) is 9.41. The molecule has 1 amide bonds. The highest BCUT2D eigenvalue weighted by atomic mass is 35.5. The number of carbonyl (C=O) groups is 2. The lowest BCUT2D eigenvalue weighted by molar-refractivity contribution is -0.305. The van der Waals surface area contributed by atoms with Gasteiger partial charge in [0.15, 0.2) is 0 Å². The second-order valence-corrected chi connectivity index (χ2v) is 8.34. The Hall–Kier alpha value is -2.09. The fourth-order valence-corrected chi connectivity index (χ4v) is 4.15. The van der Waals surface area contributed by atoms with Crippen molar-refractivity contribution in [2.45, 2.75) is 25.7 Å². The fraction of sp³-hybridized carbons (Fsp3) is 0.250. The molecule has 0 radical (unpaired) electrons. The van der Waals surface area contributed by atoms with E-state index >= 15 is 0 Å². The molecule has 1 aromatic heterocycles. The number of carboxylic acid groups (broad SMARTS) is 1. The van der Waals surface area contributed by atoms with Gasteiger partial charge in [0.2, 0.25) is 0 Å². The molecule has 3 rings (SSSR count). The molecule has 1 aromatic carbocycles. The van der Waals surface area contributed by atoms with Gasteiger partial charge in [-0.2, -0.15) is 0 Å². The molecule has 0 unspecified atom stereocenters. The van der Waals surface area contributed by atoms with Crippen molar-refractivity contribution in [2.24, 2.45) is 0 Å². The van der Waals surface area contributed by atoms with Crippen molar-refractivity contribution in [3.8, 4) is 11.3 Å². The molecule has 0 N–H and O–H groups in total. The van der Waals surface area contributed by atoms with E-state index in [1.54, 1.807) is 29.2 Å². The van der Waals surface area contributed by atoms with Gasteiger partial charge in [-0.05, 0) is 55.7 Å². The molecule has 8 heteroatoms. The van der Waals surface area contributed by atoms with E-state index in [0.717, 1.165) is 5.56 Å². The molecule has 1 aliphatic rings. The number of furan rings is 1. The summed E-state index contributed by atoms with van der Waals surface area (Å²) in [5.41, 5.74) is 0.896. The molecule has 0 saturated carbocycles. The highest BCUT2D eigenvalue weighted by Gasteiger charge is 2.31. The van der Waals surface area contributed by atoms with Gasteiger partial charge in [0.1, 0.15) is 15.8 Å². The highest BCUT2D eigenvalue weighted by molar-refractivity contribution is 8.26. The summed E-state index contributed by atoms with van der Waals surface area (Å²) >= 11 is 12.4. The maximum atomic E-state index is 12.6. The maximum Gasteiger partial charge on any atom is 0.266 e. The number of thioether (sulfide) groups is 1. The van der Waals surface area contributed by atoms with Crippen LogP contribution in [0.25, 0.3) is 17.4 Å². The predicted molar refractivity (Wildman–Crippen MR) is 113 cm³/mol. The number of hydrogen-bond donors (Lipinski definition) is 0. The van der Waals surface area contributed by atoms with Gasteiger partial charge in [0.25, 0.3) is 5.91 Å². The normalized spacial score (nSPS) is 15.6. The SMILES string of the molecule is O=C([O-])CCCCCN1C(=O)/C(=C\c2ccc(-c3ccc(Cl)cc3)o2)SC1=S. The molecule has 5 nitrogen and oxygen atoms in total. The third-order valence-corrected chi connectivity index (χ3v) is 5.79. The second-order valence-electron chi connectivity index (χ2n) is 6.22. The average molecular weight is 435 g/mol. The number of aliphatic carboxylic acids is 1. The average Bonchev–Trinajstić information content (AvgIpc) is 3.22. The van der Waals surface area contributed by atoms with Crippen molar-refractivity contribution in [3.63, 3.8) is 0 Å². The first-order chi connectivity index (χ1) is 13.4. The zero-order chi connectivity index (χ0) is 20.1. The number of carboxylic acids is 1. The molecular weight excluding hydrogens is 418 g/mol. The smallest absolute Gasteiger partial charge is 0.266 e. The van der Waals surface area contributed by atoms with E-state index in [2.05, 4.69) is 0 Å². The lowest BCUT2D eigenvalue weighted by Crippen LogP contribution is -2.29.